The van der Waals surface area contributed by atoms with Crippen LogP contribution < -0.4 is 0 Å². The first-order valence-corrected chi connectivity index (χ1v) is 3.57. The molecule has 0 N–H and O–H groups in total. The second-order valence-corrected chi connectivity index (χ2v) is 2.19. The molecule has 0 nitrogen and oxygen atoms in total. The Kier molecular flexibility index (Phi) is 51.6. The zero-order valence-electron chi connectivity index (χ0n) is 3.17. The van der Waals surface area contributed by atoms with Gasteiger partial charge in [-0.05, 0) is 0 Å². The Morgan fingerprint density at radius 3 is 1.00 bits per heavy atom. The van der Waals surface area contributed by atoms with Crippen LogP contribution in [0.4, 0.5) is 0 Å². The van der Waals surface area contributed by atoms with E-state index in [9.17, 15) is 0 Å². The minimum atomic E-state index is 0. The summed E-state index contributed by atoms with van der Waals surface area (Å²) in [5, 5.41) is 0. The maximum absolute atomic E-state index is 4.21. The summed E-state index contributed by atoms with van der Waals surface area (Å²) in [6.45, 7) is 0. The predicted octanol–water partition coefficient (Wildman–Crippen LogP) is 0.532. The van der Waals surface area contributed by atoms with Crippen molar-refractivity contribution in [2.24, 2.45) is 0 Å². The van der Waals surface area contributed by atoms with Gasteiger partial charge in [-0.2, -0.15) is 0 Å². The monoisotopic (exact) mass is 134 g/mol. The maximum atomic E-state index is 4.21. The van der Waals surface area contributed by atoms with Crippen LogP contribution in [0.15, 0.2) is 0 Å². The Balaban J connectivity index is -0.0000000200. The third-order valence-electron chi connectivity index (χ3n) is 0. The fourth-order valence-electron chi connectivity index (χ4n) is 0. The van der Waals surface area contributed by atoms with Gasteiger partial charge in [-0.1, -0.05) is 0 Å². The van der Waals surface area contributed by atoms with Gasteiger partial charge in [0.2, 0.25) is 0 Å². The molecular formula is FeLi2S2. The SMILES string of the molecule is [Li].[Li].[S]=[Fe]=[S]. The average Bonchev–Trinajstić information content (AvgIpc) is 0.918. The van der Waals surface area contributed by atoms with Crippen LogP contribution in [0.3, 0.4) is 0 Å². The molecular weight excluding hydrogens is 134 g/mol. The van der Waals surface area contributed by atoms with Gasteiger partial charge in [0.1, 0.15) is 0 Å². The van der Waals surface area contributed by atoms with Gasteiger partial charge in [0.15, 0.2) is 0 Å². The first-order valence-electron chi connectivity index (χ1n) is 0.289. The van der Waals surface area contributed by atoms with E-state index in [4.69, 9.17) is 0 Å². The summed E-state index contributed by atoms with van der Waals surface area (Å²) in [6.07, 6.45) is 0. The van der Waals surface area contributed by atoms with Gasteiger partial charge in [0, 0.05) is 37.7 Å². The van der Waals surface area contributed by atoms with Crippen molar-refractivity contribution in [2.75, 3.05) is 0 Å². The Morgan fingerprint density at radius 1 is 1.00 bits per heavy atom. The van der Waals surface area contributed by atoms with Crippen LogP contribution in [0.1, 0.15) is 0 Å². The van der Waals surface area contributed by atoms with Crippen LogP contribution in [0.25, 0.3) is 0 Å². The molecule has 5 heteroatoms. The van der Waals surface area contributed by atoms with Crippen molar-refractivity contribution in [1.29, 1.82) is 0 Å². The number of hydrogen-bond acceptors (Lipinski definition) is 2. The summed E-state index contributed by atoms with van der Waals surface area (Å²) in [5.41, 5.74) is 0. The molecule has 0 bridgehead atoms. The van der Waals surface area contributed by atoms with Crippen LogP contribution in [-0.2, 0) is 11.7 Å². The molecule has 0 aromatic heterocycles. The van der Waals surface area contributed by atoms with E-state index in [0.29, 0.717) is 11.7 Å². The second kappa shape index (κ2) is 16.4. The van der Waals surface area contributed by atoms with Gasteiger partial charge in [-0.15, -0.1) is 0 Å². The normalized spacial score (nSPS) is 3.20. The fraction of sp³-hybridized carbons (Fsp3) is 0. The minimum absolute atomic E-state index is 0. The van der Waals surface area contributed by atoms with Crippen molar-refractivity contribution in [3.05, 3.63) is 0 Å². The van der Waals surface area contributed by atoms with Crippen molar-refractivity contribution in [3.63, 3.8) is 0 Å². The summed E-state index contributed by atoms with van der Waals surface area (Å²) in [5.74, 6) is 0. The molecule has 0 aromatic rings. The van der Waals surface area contributed by atoms with Gasteiger partial charge in [0.25, 0.3) is 0 Å². The molecule has 22 valence electrons. The van der Waals surface area contributed by atoms with Crippen LogP contribution in [0.2, 0.25) is 0 Å². The van der Waals surface area contributed by atoms with E-state index in [-0.39, 0.29) is 37.7 Å². The van der Waals surface area contributed by atoms with Crippen molar-refractivity contribution < 1.29 is 11.7 Å². The summed E-state index contributed by atoms with van der Waals surface area (Å²) in [4.78, 5) is 0. The molecule has 0 atom stereocenters. The van der Waals surface area contributed by atoms with Gasteiger partial charge in [-0.3, -0.25) is 0 Å². The average molecular weight is 134 g/mol. The van der Waals surface area contributed by atoms with Gasteiger partial charge < -0.3 is 0 Å². The van der Waals surface area contributed by atoms with E-state index in [1.807, 2.05) is 0 Å². The molecule has 0 saturated carbocycles. The molecule has 0 aliphatic heterocycles. The van der Waals surface area contributed by atoms with Gasteiger partial charge >= 0.3 is 32.8 Å². The van der Waals surface area contributed by atoms with Crippen molar-refractivity contribution in [3.8, 4) is 0 Å². The van der Waals surface area contributed by atoms with Crippen LogP contribution in [-0.4, -0.2) is 37.7 Å². The predicted molar refractivity (Wildman–Crippen MR) is 26.7 cm³/mol. The van der Waals surface area contributed by atoms with Crippen molar-refractivity contribution in [1.82, 2.24) is 0 Å². The van der Waals surface area contributed by atoms with Crippen LogP contribution >= 0.6 is 21.1 Å². The second-order valence-electron chi connectivity index (χ2n) is 0.0589. The summed E-state index contributed by atoms with van der Waals surface area (Å²) >= 11 is 0.417. The van der Waals surface area contributed by atoms with Crippen LogP contribution in [0.5, 0.6) is 0 Å². The van der Waals surface area contributed by atoms with Crippen molar-refractivity contribution in [2.45, 2.75) is 0 Å². The Labute approximate surface area is 69.7 Å². The van der Waals surface area contributed by atoms with E-state index >= 15 is 0 Å². The zero-order chi connectivity index (χ0) is 2.71. The molecule has 0 unspecified atom stereocenters. The molecule has 0 aliphatic carbocycles. The topological polar surface area (TPSA) is 0 Å². The molecule has 2 radical (unpaired) electrons. The molecule has 0 amide bonds. The molecule has 0 saturated heterocycles. The first kappa shape index (κ1) is 15.7. The third kappa shape index (κ3) is 22.9. The summed E-state index contributed by atoms with van der Waals surface area (Å²) in [7, 11) is 8.42. The molecule has 0 fully saturated rings. The quantitative estimate of drug-likeness (QED) is 0.443. The summed E-state index contributed by atoms with van der Waals surface area (Å²) in [6, 6.07) is 0. The van der Waals surface area contributed by atoms with Gasteiger partial charge in [0.05, 0.1) is 0 Å². The fourth-order valence-corrected chi connectivity index (χ4v) is 0. The molecule has 0 aromatic carbocycles. The first-order chi connectivity index (χ1) is 1.41. The molecule has 0 aliphatic rings. The summed E-state index contributed by atoms with van der Waals surface area (Å²) < 4.78 is 0. The number of rotatable bonds is 0. The molecule has 0 heterocycles. The number of hydrogen-bond donors (Lipinski definition) is 0. The van der Waals surface area contributed by atoms with E-state index < -0.39 is 0 Å². The third-order valence-corrected chi connectivity index (χ3v) is 0. The van der Waals surface area contributed by atoms with E-state index in [0.717, 1.165) is 0 Å². The molecule has 5 heavy (non-hydrogen) atoms. The zero-order valence-corrected chi connectivity index (χ0v) is 5.91. The Morgan fingerprint density at radius 2 is 1.00 bits per heavy atom. The van der Waals surface area contributed by atoms with Gasteiger partial charge in [-0.25, -0.2) is 0 Å². The Bertz CT molecular complexity index is 28.6. The standard InChI is InChI=1S/Fe.2Li.2S. The molecule has 0 rings (SSSR count). The van der Waals surface area contributed by atoms with Crippen LogP contribution in [0, 0.1) is 0 Å². The van der Waals surface area contributed by atoms with E-state index in [2.05, 4.69) is 21.1 Å². The van der Waals surface area contributed by atoms with Crippen molar-refractivity contribution >= 4 is 58.8 Å². The Hall–Kier alpha value is 2.15. The molecule has 0 spiro atoms. The van der Waals surface area contributed by atoms with E-state index in [1.165, 1.54) is 0 Å². The van der Waals surface area contributed by atoms with E-state index in [1.54, 1.807) is 0 Å².